The maximum absolute atomic E-state index is 12.1. The molecule has 0 radical (unpaired) electrons. The molecule has 4 heterocycles. The van der Waals surface area contributed by atoms with Gasteiger partial charge in [0.15, 0.2) is 11.5 Å². The summed E-state index contributed by atoms with van der Waals surface area (Å²) in [5.41, 5.74) is 9.57. The number of piperidine rings is 1. The molecule has 1 aromatic carbocycles. The van der Waals surface area contributed by atoms with Crippen LogP contribution < -0.4 is 16.0 Å². The first-order valence-electron chi connectivity index (χ1n) is 11.7. The predicted molar refractivity (Wildman–Crippen MR) is 134 cm³/mol. The third kappa shape index (κ3) is 4.41. The number of imidazole rings is 1. The molecule has 0 unspecified atom stereocenters. The van der Waals surface area contributed by atoms with Gasteiger partial charge in [-0.3, -0.25) is 4.79 Å². The Morgan fingerprint density at radius 3 is 2.65 bits per heavy atom. The molecule has 3 aromatic rings. The van der Waals surface area contributed by atoms with Crippen molar-refractivity contribution in [2.45, 2.75) is 18.9 Å². The molecule has 10 heteroatoms. The quantitative estimate of drug-likeness (QED) is 0.557. The molecule has 0 spiro atoms. The van der Waals surface area contributed by atoms with E-state index in [1.165, 1.54) is 11.8 Å². The third-order valence-corrected chi connectivity index (χ3v) is 6.72. The highest BCUT2D eigenvalue weighted by atomic mass is 16.2. The lowest BCUT2D eigenvalue weighted by Gasteiger charge is -2.34. The van der Waals surface area contributed by atoms with E-state index in [1.807, 2.05) is 21.6 Å². The van der Waals surface area contributed by atoms with Crippen LogP contribution in [0.1, 0.15) is 18.9 Å². The molecular weight excluding hydrogens is 430 g/mol. The van der Waals surface area contributed by atoms with Crippen molar-refractivity contribution in [3.63, 3.8) is 0 Å². The molecule has 10 nitrogen and oxygen atoms in total. The summed E-state index contributed by atoms with van der Waals surface area (Å²) in [6, 6.07) is 8.39. The average molecular weight is 462 g/mol. The van der Waals surface area contributed by atoms with Crippen molar-refractivity contribution in [1.29, 1.82) is 0 Å². The van der Waals surface area contributed by atoms with Crippen LogP contribution in [-0.4, -0.2) is 81.5 Å². The summed E-state index contributed by atoms with van der Waals surface area (Å²) >= 11 is 0. The minimum atomic E-state index is -0.0503. The number of hydrogen-bond acceptors (Lipinski definition) is 8. The predicted octanol–water partition coefficient (Wildman–Crippen LogP) is 2.25. The minimum Gasteiger partial charge on any atom is -0.382 e. The molecule has 2 saturated heterocycles. The van der Waals surface area contributed by atoms with Gasteiger partial charge in [0.25, 0.3) is 0 Å². The number of nitrogens with one attached hydrogen (secondary N) is 1. The smallest absolute Gasteiger partial charge is 0.246 e. The maximum Gasteiger partial charge on any atom is 0.246 e. The molecular formula is C24H31N9O. The van der Waals surface area contributed by atoms with E-state index < -0.39 is 0 Å². The minimum absolute atomic E-state index is 0.0503. The number of amides is 1. The highest BCUT2D eigenvalue weighted by Gasteiger charge is 2.26. The number of likely N-dealkylation sites (N-methyl/N-ethyl adjacent to an activating group) is 1. The van der Waals surface area contributed by atoms with Crippen molar-refractivity contribution < 1.29 is 4.79 Å². The zero-order chi connectivity index (χ0) is 23.7. The Balaban J connectivity index is 1.35. The highest BCUT2D eigenvalue weighted by molar-refractivity contribution is 5.87. The van der Waals surface area contributed by atoms with Crippen molar-refractivity contribution in [2.24, 2.45) is 0 Å². The summed E-state index contributed by atoms with van der Waals surface area (Å²) in [6.07, 6.45) is 4.96. The summed E-state index contributed by atoms with van der Waals surface area (Å²) in [5, 5.41) is 3.28. The maximum atomic E-state index is 12.1. The van der Waals surface area contributed by atoms with Crippen LogP contribution in [0, 0.1) is 0 Å². The first-order chi connectivity index (χ1) is 16.5. The zero-order valence-electron chi connectivity index (χ0n) is 19.5. The lowest BCUT2D eigenvalue weighted by Crippen LogP contribution is -2.44. The van der Waals surface area contributed by atoms with Crippen molar-refractivity contribution >= 4 is 40.2 Å². The highest BCUT2D eigenvalue weighted by Crippen LogP contribution is 2.28. The Morgan fingerprint density at radius 2 is 1.91 bits per heavy atom. The molecule has 0 aliphatic carbocycles. The molecule has 2 aromatic heterocycles. The lowest BCUT2D eigenvalue weighted by atomic mass is 10.1. The van der Waals surface area contributed by atoms with E-state index in [0.717, 1.165) is 51.3 Å². The largest absolute Gasteiger partial charge is 0.382 e. The molecule has 3 N–H and O–H groups in total. The van der Waals surface area contributed by atoms with E-state index in [-0.39, 0.29) is 11.9 Å². The Morgan fingerprint density at radius 1 is 1.15 bits per heavy atom. The molecule has 34 heavy (non-hydrogen) atoms. The second-order valence-electron chi connectivity index (χ2n) is 9.00. The SMILES string of the molecule is C=CC(=O)N1CCC[C@H](n2cnc3c(N)nc(Nc4ccc(N5CCN(C)CC5)cc4)nc32)C1. The first kappa shape index (κ1) is 22.1. The zero-order valence-corrected chi connectivity index (χ0v) is 19.5. The number of fused-ring (bicyclic) bond motifs is 1. The van der Waals surface area contributed by atoms with Crippen LogP contribution >= 0.6 is 0 Å². The molecule has 2 fully saturated rings. The number of rotatable bonds is 5. The molecule has 1 atom stereocenters. The van der Waals surface area contributed by atoms with Crippen LogP contribution in [0.4, 0.5) is 23.1 Å². The first-order valence-corrected chi connectivity index (χ1v) is 11.7. The number of nitrogen functional groups attached to an aromatic ring is 1. The van der Waals surface area contributed by atoms with Gasteiger partial charge < -0.3 is 30.3 Å². The van der Waals surface area contributed by atoms with Crippen LogP contribution in [0.25, 0.3) is 11.2 Å². The number of aromatic nitrogens is 4. The third-order valence-electron chi connectivity index (χ3n) is 6.72. The number of anilines is 4. The summed E-state index contributed by atoms with van der Waals surface area (Å²) in [5.74, 6) is 0.703. The second kappa shape index (κ2) is 9.30. The van der Waals surface area contributed by atoms with Gasteiger partial charge in [-0.2, -0.15) is 9.97 Å². The molecule has 2 aliphatic rings. The molecule has 2 aliphatic heterocycles. The lowest BCUT2D eigenvalue weighted by molar-refractivity contribution is -0.127. The second-order valence-corrected chi connectivity index (χ2v) is 9.00. The van der Waals surface area contributed by atoms with Crippen LogP contribution in [-0.2, 0) is 4.79 Å². The van der Waals surface area contributed by atoms with Gasteiger partial charge >= 0.3 is 0 Å². The molecule has 0 bridgehead atoms. The van der Waals surface area contributed by atoms with Gasteiger partial charge in [0.05, 0.1) is 12.4 Å². The van der Waals surface area contributed by atoms with E-state index in [1.54, 1.807) is 6.33 Å². The fourth-order valence-electron chi connectivity index (χ4n) is 4.72. The summed E-state index contributed by atoms with van der Waals surface area (Å²) in [4.78, 5) is 32.3. The normalized spacial score (nSPS) is 19.4. The molecule has 1 amide bonds. The summed E-state index contributed by atoms with van der Waals surface area (Å²) in [6.45, 7) is 9.14. The molecule has 178 valence electrons. The van der Waals surface area contributed by atoms with Gasteiger partial charge in [-0.05, 0) is 50.2 Å². The van der Waals surface area contributed by atoms with Crippen molar-refractivity contribution in [3.8, 4) is 0 Å². The van der Waals surface area contributed by atoms with Crippen LogP contribution in [0.2, 0.25) is 0 Å². The van der Waals surface area contributed by atoms with Crippen LogP contribution in [0.3, 0.4) is 0 Å². The fourth-order valence-corrected chi connectivity index (χ4v) is 4.72. The van der Waals surface area contributed by atoms with Gasteiger partial charge in [-0.25, -0.2) is 4.98 Å². The van der Waals surface area contributed by atoms with Gasteiger partial charge in [-0.1, -0.05) is 6.58 Å². The number of carbonyl (C=O) groups excluding carboxylic acids is 1. The van der Waals surface area contributed by atoms with Crippen molar-refractivity contribution in [2.75, 3.05) is 62.3 Å². The Hall–Kier alpha value is -3.66. The van der Waals surface area contributed by atoms with Gasteiger partial charge in [0, 0.05) is 50.6 Å². The summed E-state index contributed by atoms with van der Waals surface area (Å²) < 4.78 is 2.01. The van der Waals surface area contributed by atoms with Gasteiger partial charge in [0.1, 0.15) is 5.52 Å². The number of carbonyl (C=O) groups is 1. The molecule has 0 saturated carbocycles. The number of nitrogens with zero attached hydrogens (tertiary/aromatic N) is 7. The monoisotopic (exact) mass is 461 g/mol. The van der Waals surface area contributed by atoms with Crippen LogP contribution in [0.5, 0.6) is 0 Å². The van der Waals surface area contributed by atoms with Crippen molar-refractivity contribution in [3.05, 3.63) is 43.2 Å². The fraction of sp³-hybridized carbons (Fsp3) is 0.417. The Kier molecular flexibility index (Phi) is 6.06. The van der Waals surface area contributed by atoms with Crippen molar-refractivity contribution in [1.82, 2.24) is 29.3 Å². The average Bonchev–Trinajstić information content (AvgIpc) is 3.29. The number of nitrogens with two attached hydrogens (primary N) is 1. The van der Waals surface area contributed by atoms with E-state index in [2.05, 4.69) is 50.8 Å². The number of piperazine rings is 1. The van der Waals surface area contributed by atoms with Gasteiger partial charge in [0.2, 0.25) is 11.9 Å². The van der Waals surface area contributed by atoms with Crippen LogP contribution in [0.15, 0.2) is 43.2 Å². The number of likely N-dealkylation sites (tertiary alicyclic amines) is 1. The Labute approximate surface area is 199 Å². The number of hydrogen-bond donors (Lipinski definition) is 2. The van der Waals surface area contributed by atoms with E-state index >= 15 is 0 Å². The molecule has 5 rings (SSSR count). The van der Waals surface area contributed by atoms with E-state index in [4.69, 9.17) is 10.7 Å². The number of benzene rings is 1. The van der Waals surface area contributed by atoms with E-state index in [0.29, 0.717) is 29.5 Å². The Bertz CT molecular complexity index is 1180. The standard InChI is InChI=1S/C24H31N9O/c1-3-20(34)32-10-4-5-19(15-32)33-16-26-21-22(25)28-24(29-23(21)33)27-17-6-8-18(9-7-17)31-13-11-30(2)12-14-31/h3,6-9,16,19H,1,4-5,10-15H2,2H3,(H3,25,27,28,29)/t19-/m0/s1. The summed E-state index contributed by atoms with van der Waals surface area (Å²) in [7, 11) is 2.16. The van der Waals surface area contributed by atoms with Gasteiger partial charge in [-0.15, -0.1) is 0 Å². The topological polar surface area (TPSA) is 108 Å². The van der Waals surface area contributed by atoms with E-state index in [9.17, 15) is 4.79 Å².